The molecule has 2 fully saturated rings. The van der Waals surface area contributed by atoms with Gasteiger partial charge in [0.1, 0.15) is 5.78 Å². The standard InChI is InChI=1S/C16H19NO3/c18-14-6-5-13(9-14)11-1-3-12(4-2-11)16(20)17-8-7-15(19)10-17/h1-4,13,15,19H,5-10H2/t13-,15-/m0/s1. The molecule has 1 aromatic carbocycles. The highest BCUT2D eigenvalue weighted by Crippen LogP contribution is 2.32. The number of β-amino-alcohol motifs (C(OH)–C–C–N with tert-alkyl or cyclic N) is 1. The molecule has 0 radical (unpaired) electrons. The van der Waals surface area contributed by atoms with Gasteiger partial charge in [0.05, 0.1) is 6.10 Å². The van der Waals surface area contributed by atoms with Gasteiger partial charge in [-0.1, -0.05) is 12.1 Å². The molecule has 1 aliphatic carbocycles. The molecule has 4 heteroatoms. The minimum atomic E-state index is -0.386. The molecule has 0 spiro atoms. The smallest absolute Gasteiger partial charge is 0.253 e. The van der Waals surface area contributed by atoms with Gasteiger partial charge in [-0.05, 0) is 36.5 Å². The third-order valence-electron chi connectivity index (χ3n) is 4.33. The normalized spacial score (nSPS) is 26.2. The minimum absolute atomic E-state index is 0.0180. The van der Waals surface area contributed by atoms with Crippen molar-refractivity contribution >= 4 is 11.7 Å². The Morgan fingerprint density at radius 1 is 1.20 bits per heavy atom. The fourth-order valence-electron chi connectivity index (χ4n) is 3.11. The summed E-state index contributed by atoms with van der Waals surface area (Å²) in [5.74, 6) is 0.636. The second-order valence-electron chi connectivity index (χ2n) is 5.79. The molecule has 2 aliphatic rings. The molecule has 1 N–H and O–H groups in total. The van der Waals surface area contributed by atoms with Crippen molar-refractivity contribution in [1.29, 1.82) is 0 Å². The van der Waals surface area contributed by atoms with E-state index in [1.165, 1.54) is 0 Å². The first-order valence-electron chi connectivity index (χ1n) is 7.22. The van der Waals surface area contributed by atoms with Crippen LogP contribution in [-0.2, 0) is 4.79 Å². The van der Waals surface area contributed by atoms with Crippen molar-refractivity contribution in [3.05, 3.63) is 35.4 Å². The van der Waals surface area contributed by atoms with E-state index in [2.05, 4.69) is 0 Å². The molecule has 20 heavy (non-hydrogen) atoms. The Balaban J connectivity index is 1.69. The van der Waals surface area contributed by atoms with E-state index in [0.717, 1.165) is 12.0 Å². The van der Waals surface area contributed by atoms with Crippen LogP contribution in [0.1, 0.15) is 47.5 Å². The van der Waals surface area contributed by atoms with Crippen LogP contribution in [-0.4, -0.2) is 40.9 Å². The van der Waals surface area contributed by atoms with Gasteiger partial charge >= 0.3 is 0 Å². The van der Waals surface area contributed by atoms with Gasteiger partial charge in [0.25, 0.3) is 5.91 Å². The number of benzene rings is 1. The maximum Gasteiger partial charge on any atom is 0.253 e. The fraction of sp³-hybridized carbons (Fsp3) is 0.500. The molecule has 1 heterocycles. The Morgan fingerprint density at radius 3 is 2.50 bits per heavy atom. The van der Waals surface area contributed by atoms with Crippen LogP contribution in [0.2, 0.25) is 0 Å². The van der Waals surface area contributed by atoms with Crippen molar-refractivity contribution < 1.29 is 14.7 Å². The molecule has 1 aliphatic heterocycles. The van der Waals surface area contributed by atoms with E-state index in [1.54, 1.807) is 4.90 Å². The van der Waals surface area contributed by atoms with Crippen LogP contribution in [0, 0.1) is 0 Å². The molecule has 1 saturated carbocycles. The Kier molecular flexibility index (Phi) is 3.57. The van der Waals surface area contributed by atoms with Crippen molar-refractivity contribution in [2.75, 3.05) is 13.1 Å². The van der Waals surface area contributed by atoms with Gasteiger partial charge in [0.2, 0.25) is 0 Å². The Labute approximate surface area is 118 Å². The SMILES string of the molecule is O=C1CC[C@H](c2ccc(C(=O)N3CC[C@H](O)C3)cc2)C1. The molecule has 0 aromatic heterocycles. The van der Waals surface area contributed by atoms with E-state index in [1.807, 2.05) is 24.3 Å². The number of Topliss-reactive ketones (excluding diaryl/α,β-unsaturated/α-hetero) is 1. The number of aliphatic hydroxyl groups excluding tert-OH is 1. The van der Waals surface area contributed by atoms with E-state index < -0.39 is 0 Å². The number of ketones is 1. The summed E-state index contributed by atoms with van der Waals surface area (Å²) in [4.78, 5) is 25.3. The van der Waals surface area contributed by atoms with Crippen LogP contribution in [0.4, 0.5) is 0 Å². The Bertz CT molecular complexity index is 523. The molecule has 1 amide bonds. The molecular formula is C16H19NO3. The summed E-state index contributed by atoms with van der Waals surface area (Å²) in [5, 5.41) is 9.48. The van der Waals surface area contributed by atoms with Gasteiger partial charge in [0.15, 0.2) is 0 Å². The molecule has 4 nitrogen and oxygen atoms in total. The van der Waals surface area contributed by atoms with E-state index in [0.29, 0.717) is 49.6 Å². The second kappa shape index (κ2) is 5.37. The molecular weight excluding hydrogens is 254 g/mol. The lowest BCUT2D eigenvalue weighted by molar-refractivity contribution is -0.117. The van der Waals surface area contributed by atoms with E-state index in [9.17, 15) is 14.7 Å². The van der Waals surface area contributed by atoms with Crippen LogP contribution < -0.4 is 0 Å². The number of aliphatic hydroxyl groups is 1. The lowest BCUT2D eigenvalue weighted by Gasteiger charge is -2.16. The summed E-state index contributed by atoms with van der Waals surface area (Å²) in [6.45, 7) is 1.05. The lowest BCUT2D eigenvalue weighted by Crippen LogP contribution is -2.29. The molecule has 0 unspecified atom stereocenters. The molecule has 106 valence electrons. The van der Waals surface area contributed by atoms with Crippen LogP contribution >= 0.6 is 0 Å². The van der Waals surface area contributed by atoms with Crippen molar-refractivity contribution in [3.63, 3.8) is 0 Å². The van der Waals surface area contributed by atoms with Crippen molar-refractivity contribution in [2.45, 2.75) is 37.7 Å². The zero-order valence-electron chi connectivity index (χ0n) is 11.4. The maximum atomic E-state index is 12.2. The maximum absolute atomic E-state index is 12.2. The van der Waals surface area contributed by atoms with E-state index >= 15 is 0 Å². The zero-order valence-corrected chi connectivity index (χ0v) is 11.4. The summed E-state index contributed by atoms with van der Waals surface area (Å²) in [6, 6.07) is 7.60. The third-order valence-corrected chi connectivity index (χ3v) is 4.33. The van der Waals surface area contributed by atoms with Gasteiger partial charge in [-0.2, -0.15) is 0 Å². The van der Waals surface area contributed by atoms with Crippen molar-refractivity contribution in [2.24, 2.45) is 0 Å². The second-order valence-corrected chi connectivity index (χ2v) is 5.79. The van der Waals surface area contributed by atoms with Gasteiger partial charge < -0.3 is 10.0 Å². The summed E-state index contributed by atoms with van der Waals surface area (Å²) in [7, 11) is 0. The number of hydrogen-bond donors (Lipinski definition) is 1. The summed E-state index contributed by atoms with van der Waals surface area (Å²) in [5.41, 5.74) is 1.81. The number of rotatable bonds is 2. The predicted molar refractivity (Wildman–Crippen MR) is 74.6 cm³/mol. The van der Waals surface area contributed by atoms with E-state index in [-0.39, 0.29) is 12.0 Å². The quantitative estimate of drug-likeness (QED) is 0.892. The number of nitrogens with zero attached hydrogens (tertiary/aromatic N) is 1. The average molecular weight is 273 g/mol. The molecule has 2 atom stereocenters. The predicted octanol–water partition coefficient (Wildman–Crippen LogP) is 1.73. The number of likely N-dealkylation sites (tertiary alicyclic amines) is 1. The zero-order chi connectivity index (χ0) is 14.1. The van der Waals surface area contributed by atoms with Gasteiger partial charge in [0, 0.05) is 31.5 Å². The summed E-state index contributed by atoms with van der Waals surface area (Å²) in [6.07, 6.45) is 2.50. The van der Waals surface area contributed by atoms with Crippen molar-refractivity contribution in [3.8, 4) is 0 Å². The van der Waals surface area contributed by atoms with Crippen molar-refractivity contribution in [1.82, 2.24) is 4.90 Å². The first kappa shape index (κ1) is 13.3. The van der Waals surface area contributed by atoms with E-state index in [4.69, 9.17) is 0 Å². The summed E-state index contributed by atoms with van der Waals surface area (Å²) >= 11 is 0. The third kappa shape index (κ3) is 2.61. The highest BCUT2D eigenvalue weighted by molar-refractivity contribution is 5.94. The van der Waals surface area contributed by atoms with Crippen LogP contribution in [0.25, 0.3) is 0 Å². The molecule has 0 bridgehead atoms. The fourth-order valence-corrected chi connectivity index (χ4v) is 3.11. The van der Waals surface area contributed by atoms with Crippen LogP contribution in [0.3, 0.4) is 0 Å². The Hall–Kier alpha value is -1.68. The monoisotopic (exact) mass is 273 g/mol. The van der Waals surface area contributed by atoms with Gasteiger partial charge in [-0.25, -0.2) is 0 Å². The van der Waals surface area contributed by atoms with Crippen LogP contribution in [0.5, 0.6) is 0 Å². The molecule has 3 rings (SSSR count). The minimum Gasteiger partial charge on any atom is -0.391 e. The highest BCUT2D eigenvalue weighted by Gasteiger charge is 2.26. The van der Waals surface area contributed by atoms with Gasteiger partial charge in [-0.3, -0.25) is 9.59 Å². The summed E-state index contributed by atoms with van der Waals surface area (Å²) < 4.78 is 0. The first-order chi connectivity index (χ1) is 9.63. The lowest BCUT2D eigenvalue weighted by atomic mass is 9.96. The first-order valence-corrected chi connectivity index (χ1v) is 7.22. The molecule has 1 aromatic rings. The number of carbonyl (C=O) groups is 2. The number of carbonyl (C=O) groups excluding carboxylic acids is 2. The Morgan fingerprint density at radius 2 is 1.95 bits per heavy atom. The highest BCUT2D eigenvalue weighted by atomic mass is 16.3. The largest absolute Gasteiger partial charge is 0.391 e. The number of hydrogen-bond acceptors (Lipinski definition) is 3. The average Bonchev–Trinajstić information content (AvgIpc) is 3.07. The van der Waals surface area contributed by atoms with Gasteiger partial charge in [-0.15, -0.1) is 0 Å². The topological polar surface area (TPSA) is 57.6 Å². The van der Waals surface area contributed by atoms with Crippen LogP contribution in [0.15, 0.2) is 24.3 Å². The molecule has 1 saturated heterocycles. The number of amides is 1.